The first-order chi connectivity index (χ1) is 10.2. The molecule has 0 amide bonds. The number of halogens is 1. The van der Waals surface area contributed by atoms with Gasteiger partial charge in [-0.1, -0.05) is 42.1 Å². The number of hydrogen-bond acceptors (Lipinski definition) is 2. The molecule has 0 aromatic heterocycles. The molecule has 2 atom stereocenters. The van der Waals surface area contributed by atoms with E-state index in [9.17, 15) is 0 Å². The number of benzene rings is 1. The highest BCUT2D eigenvalue weighted by atomic mass is 79.9. The van der Waals surface area contributed by atoms with Gasteiger partial charge in [0.1, 0.15) is 5.75 Å². The smallest absolute Gasteiger partial charge is 0.125 e. The standard InChI is InChI=1S/C18H26BrNO/c1-2-13-4-3-6-18(10-13,12-20)11-15-9-16(19)8-14-5-7-21-17(14)15/h8-9,13H,2-7,10-12,20H2,1H3. The average Bonchev–Trinajstić information content (AvgIpc) is 2.95. The van der Waals surface area contributed by atoms with Crippen molar-refractivity contribution in [1.82, 2.24) is 0 Å². The van der Waals surface area contributed by atoms with Crippen LogP contribution in [0.2, 0.25) is 0 Å². The van der Waals surface area contributed by atoms with Crippen LogP contribution in [-0.4, -0.2) is 13.2 Å². The van der Waals surface area contributed by atoms with Gasteiger partial charge in [-0.15, -0.1) is 0 Å². The molecule has 21 heavy (non-hydrogen) atoms. The van der Waals surface area contributed by atoms with Gasteiger partial charge >= 0.3 is 0 Å². The largest absolute Gasteiger partial charge is 0.493 e. The Morgan fingerprint density at radius 1 is 1.43 bits per heavy atom. The van der Waals surface area contributed by atoms with E-state index < -0.39 is 0 Å². The molecular weight excluding hydrogens is 326 g/mol. The van der Waals surface area contributed by atoms with Gasteiger partial charge in [0.15, 0.2) is 0 Å². The van der Waals surface area contributed by atoms with Crippen molar-refractivity contribution in [1.29, 1.82) is 0 Å². The third-order valence-corrected chi connectivity index (χ3v) is 5.90. The van der Waals surface area contributed by atoms with E-state index in [4.69, 9.17) is 10.5 Å². The van der Waals surface area contributed by atoms with Crippen LogP contribution in [0.1, 0.15) is 50.2 Å². The molecule has 2 aliphatic rings. The van der Waals surface area contributed by atoms with Crippen molar-refractivity contribution >= 4 is 15.9 Å². The van der Waals surface area contributed by atoms with Gasteiger partial charge in [-0.2, -0.15) is 0 Å². The van der Waals surface area contributed by atoms with E-state index in [-0.39, 0.29) is 5.41 Å². The van der Waals surface area contributed by atoms with Crippen LogP contribution in [0.5, 0.6) is 5.75 Å². The van der Waals surface area contributed by atoms with Crippen molar-refractivity contribution in [3.63, 3.8) is 0 Å². The molecule has 1 fully saturated rings. The molecule has 1 heterocycles. The number of nitrogens with two attached hydrogens (primary N) is 1. The van der Waals surface area contributed by atoms with Crippen molar-refractivity contribution in [2.45, 2.75) is 51.9 Å². The monoisotopic (exact) mass is 351 g/mol. The average molecular weight is 352 g/mol. The molecule has 1 aromatic rings. The van der Waals surface area contributed by atoms with Gasteiger partial charge in [-0.05, 0) is 60.4 Å². The molecule has 1 aromatic carbocycles. The molecule has 1 aliphatic carbocycles. The van der Waals surface area contributed by atoms with E-state index in [1.807, 2.05) is 0 Å². The van der Waals surface area contributed by atoms with Crippen molar-refractivity contribution < 1.29 is 4.74 Å². The maximum Gasteiger partial charge on any atom is 0.125 e. The lowest BCUT2D eigenvalue weighted by molar-refractivity contribution is 0.141. The Bertz CT molecular complexity index is 516. The second-order valence-corrected chi connectivity index (χ2v) is 7.82. The predicted octanol–water partition coefficient (Wildman–Crippen LogP) is 4.47. The van der Waals surface area contributed by atoms with E-state index in [1.54, 1.807) is 0 Å². The van der Waals surface area contributed by atoms with Crippen LogP contribution in [0.15, 0.2) is 16.6 Å². The molecule has 0 spiro atoms. The molecule has 1 aliphatic heterocycles. The lowest BCUT2D eigenvalue weighted by Crippen LogP contribution is -2.37. The molecular formula is C18H26BrNO. The first kappa shape index (κ1) is 15.4. The van der Waals surface area contributed by atoms with Gasteiger partial charge in [-0.25, -0.2) is 0 Å². The molecule has 116 valence electrons. The second kappa shape index (κ2) is 6.29. The number of hydrogen-bond donors (Lipinski definition) is 1. The first-order valence-electron chi connectivity index (χ1n) is 8.30. The lowest BCUT2D eigenvalue weighted by atomic mass is 9.66. The molecule has 0 bridgehead atoms. The van der Waals surface area contributed by atoms with Crippen molar-refractivity contribution in [2.24, 2.45) is 17.1 Å². The summed E-state index contributed by atoms with van der Waals surface area (Å²) in [5.41, 5.74) is 9.23. The number of ether oxygens (including phenoxy) is 1. The Kier molecular flexibility index (Phi) is 4.60. The zero-order valence-corrected chi connectivity index (χ0v) is 14.5. The Balaban J connectivity index is 1.87. The second-order valence-electron chi connectivity index (χ2n) is 6.90. The van der Waals surface area contributed by atoms with Gasteiger partial charge in [0.05, 0.1) is 6.61 Å². The molecule has 0 radical (unpaired) electrons. The van der Waals surface area contributed by atoms with Crippen molar-refractivity contribution in [2.75, 3.05) is 13.2 Å². The van der Waals surface area contributed by atoms with Gasteiger partial charge in [0.25, 0.3) is 0 Å². The van der Waals surface area contributed by atoms with E-state index >= 15 is 0 Å². The van der Waals surface area contributed by atoms with Gasteiger partial charge in [0, 0.05) is 10.9 Å². The summed E-state index contributed by atoms with van der Waals surface area (Å²) in [5.74, 6) is 1.99. The summed E-state index contributed by atoms with van der Waals surface area (Å²) >= 11 is 3.66. The lowest BCUT2D eigenvalue weighted by Gasteiger charge is -2.40. The highest BCUT2D eigenvalue weighted by molar-refractivity contribution is 9.10. The Labute approximate surface area is 136 Å². The first-order valence-corrected chi connectivity index (χ1v) is 9.09. The van der Waals surface area contributed by atoms with E-state index in [0.717, 1.165) is 37.7 Å². The Morgan fingerprint density at radius 3 is 3.05 bits per heavy atom. The maximum absolute atomic E-state index is 6.23. The van der Waals surface area contributed by atoms with E-state index in [1.165, 1.54) is 47.7 Å². The van der Waals surface area contributed by atoms with Crippen LogP contribution in [0.3, 0.4) is 0 Å². The van der Waals surface area contributed by atoms with Gasteiger partial charge in [0.2, 0.25) is 0 Å². The minimum Gasteiger partial charge on any atom is -0.493 e. The van der Waals surface area contributed by atoms with Crippen LogP contribution in [-0.2, 0) is 12.8 Å². The van der Waals surface area contributed by atoms with Crippen LogP contribution in [0, 0.1) is 11.3 Å². The number of fused-ring (bicyclic) bond motifs is 1. The topological polar surface area (TPSA) is 35.2 Å². The summed E-state index contributed by atoms with van der Waals surface area (Å²) in [5, 5.41) is 0. The van der Waals surface area contributed by atoms with Crippen LogP contribution < -0.4 is 10.5 Å². The molecule has 0 saturated heterocycles. The van der Waals surface area contributed by atoms with Crippen molar-refractivity contribution in [3.05, 3.63) is 27.7 Å². The normalized spacial score (nSPS) is 28.2. The van der Waals surface area contributed by atoms with Gasteiger partial charge < -0.3 is 10.5 Å². The van der Waals surface area contributed by atoms with E-state index in [2.05, 4.69) is 35.0 Å². The zero-order chi connectivity index (χ0) is 14.9. The van der Waals surface area contributed by atoms with E-state index in [0.29, 0.717) is 0 Å². The fourth-order valence-corrected chi connectivity index (χ4v) is 4.78. The van der Waals surface area contributed by atoms with Crippen LogP contribution in [0.4, 0.5) is 0 Å². The van der Waals surface area contributed by atoms with Gasteiger partial charge in [-0.3, -0.25) is 0 Å². The summed E-state index contributed by atoms with van der Waals surface area (Å²) in [6.45, 7) is 3.94. The highest BCUT2D eigenvalue weighted by Gasteiger charge is 2.36. The predicted molar refractivity (Wildman–Crippen MR) is 90.8 cm³/mol. The summed E-state index contributed by atoms with van der Waals surface area (Å²) in [6.07, 6.45) is 8.65. The number of rotatable bonds is 4. The van der Waals surface area contributed by atoms with Crippen LogP contribution in [0.25, 0.3) is 0 Å². The third kappa shape index (κ3) is 3.14. The fraction of sp³-hybridized carbons (Fsp3) is 0.667. The Hall–Kier alpha value is -0.540. The fourth-order valence-electron chi connectivity index (χ4n) is 4.23. The molecule has 2 nitrogen and oxygen atoms in total. The quantitative estimate of drug-likeness (QED) is 0.868. The minimum atomic E-state index is 0.277. The molecule has 1 saturated carbocycles. The SMILES string of the molecule is CCC1CCCC(CN)(Cc2cc(Br)cc3c2OCC3)C1. The summed E-state index contributed by atoms with van der Waals surface area (Å²) in [4.78, 5) is 0. The van der Waals surface area contributed by atoms with Crippen LogP contribution >= 0.6 is 15.9 Å². The molecule has 2 unspecified atom stereocenters. The summed E-state index contributed by atoms with van der Waals surface area (Å²) in [7, 11) is 0. The molecule has 3 heteroatoms. The summed E-state index contributed by atoms with van der Waals surface area (Å²) in [6, 6.07) is 4.45. The zero-order valence-electron chi connectivity index (χ0n) is 13.0. The third-order valence-electron chi connectivity index (χ3n) is 5.44. The van der Waals surface area contributed by atoms with Crippen molar-refractivity contribution in [3.8, 4) is 5.75 Å². The maximum atomic E-state index is 6.23. The molecule has 2 N–H and O–H groups in total. The molecule has 3 rings (SSSR count). The summed E-state index contributed by atoms with van der Waals surface area (Å²) < 4.78 is 7.08. The Morgan fingerprint density at radius 2 is 2.29 bits per heavy atom. The minimum absolute atomic E-state index is 0.277. The highest BCUT2D eigenvalue weighted by Crippen LogP contribution is 2.45.